The molecule has 28 heavy (non-hydrogen) atoms. The van der Waals surface area contributed by atoms with Crippen molar-refractivity contribution in [1.29, 1.82) is 0 Å². The van der Waals surface area contributed by atoms with Crippen molar-refractivity contribution in [2.45, 2.75) is 26.7 Å². The third kappa shape index (κ3) is 3.75. The Hall–Kier alpha value is -2.42. The molecule has 0 heterocycles. The average molecular weight is 384 g/mol. The molecule has 0 aliphatic heterocycles. The summed E-state index contributed by atoms with van der Waals surface area (Å²) in [5.41, 5.74) is 1.41. The average Bonchev–Trinajstić information content (AvgIpc) is 2.73. The van der Waals surface area contributed by atoms with Crippen LogP contribution < -0.4 is 15.6 Å². The van der Waals surface area contributed by atoms with E-state index in [2.05, 4.69) is 111 Å². The Labute approximate surface area is 169 Å². The smallest absolute Gasteiger partial charge is 0.289 e. The van der Waals surface area contributed by atoms with Gasteiger partial charge in [-0.2, -0.15) is 0 Å². The molecule has 1 unspecified atom stereocenters. The summed E-state index contributed by atoms with van der Waals surface area (Å²) < 4.78 is 7.16. The third-order valence-electron chi connectivity index (χ3n) is 5.45. The summed E-state index contributed by atoms with van der Waals surface area (Å²) in [6.45, 7) is 4.53. The summed E-state index contributed by atoms with van der Waals surface area (Å²) in [4.78, 5) is 0. The zero-order valence-corrected chi connectivity index (χ0v) is 17.6. The summed E-state index contributed by atoms with van der Waals surface area (Å²) in [5.74, 6) is 0.619. The van der Waals surface area contributed by atoms with Crippen molar-refractivity contribution in [3.63, 3.8) is 0 Å². The van der Waals surface area contributed by atoms with Gasteiger partial charge in [-0.25, -0.2) is 0 Å². The lowest BCUT2D eigenvalue weighted by molar-refractivity contribution is 0.303. The molecule has 0 N–H and O–H groups in total. The van der Waals surface area contributed by atoms with E-state index in [0.29, 0.717) is 5.92 Å². The quantitative estimate of drug-likeness (QED) is 0.463. The van der Waals surface area contributed by atoms with Crippen LogP contribution in [0.25, 0.3) is 0 Å². The van der Waals surface area contributed by atoms with Gasteiger partial charge in [0, 0.05) is 0 Å². The van der Waals surface area contributed by atoms with Crippen molar-refractivity contribution < 1.29 is 4.43 Å². The first-order valence-corrected chi connectivity index (χ1v) is 12.0. The zero-order valence-electron chi connectivity index (χ0n) is 16.6. The van der Waals surface area contributed by atoms with Crippen molar-refractivity contribution in [2.75, 3.05) is 0 Å². The SMILES string of the molecule is CC1=C[C](O[Si](c2ccccc2)(c2ccccc2)c2ccccc2)CC(C)C1. The van der Waals surface area contributed by atoms with E-state index in [-0.39, 0.29) is 0 Å². The van der Waals surface area contributed by atoms with Crippen molar-refractivity contribution >= 4 is 23.9 Å². The molecule has 0 fully saturated rings. The van der Waals surface area contributed by atoms with Crippen LogP contribution in [0.5, 0.6) is 0 Å². The summed E-state index contributed by atoms with van der Waals surface area (Å²) in [6, 6.07) is 32.4. The number of hydrogen-bond donors (Lipinski definition) is 0. The highest BCUT2D eigenvalue weighted by Gasteiger charge is 2.44. The maximum atomic E-state index is 7.16. The number of hydrogen-bond acceptors (Lipinski definition) is 1. The minimum absolute atomic E-state index is 0.619. The van der Waals surface area contributed by atoms with Crippen LogP contribution in [0.1, 0.15) is 26.7 Å². The number of allylic oxidation sites excluding steroid dienone is 1. The second-order valence-corrected chi connectivity index (χ2v) is 11.2. The molecule has 3 aromatic rings. The van der Waals surface area contributed by atoms with Gasteiger partial charge in [0.2, 0.25) is 0 Å². The van der Waals surface area contributed by atoms with Crippen LogP contribution in [0.15, 0.2) is 103 Å². The zero-order chi connectivity index (χ0) is 19.4. The lowest BCUT2D eigenvalue weighted by Crippen LogP contribution is -2.69. The predicted molar refractivity (Wildman–Crippen MR) is 120 cm³/mol. The molecule has 0 aromatic heterocycles. The minimum atomic E-state index is -2.65. The highest BCUT2D eigenvalue weighted by molar-refractivity contribution is 7.07. The van der Waals surface area contributed by atoms with Gasteiger partial charge >= 0.3 is 0 Å². The molecule has 2 heteroatoms. The Balaban J connectivity index is 1.92. The molecule has 0 amide bonds. The van der Waals surface area contributed by atoms with Gasteiger partial charge in [-0.15, -0.1) is 0 Å². The van der Waals surface area contributed by atoms with Gasteiger partial charge < -0.3 is 4.43 Å². The molecule has 0 spiro atoms. The van der Waals surface area contributed by atoms with Crippen LogP contribution in [0.4, 0.5) is 0 Å². The molecular formula is C26H27OSi. The van der Waals surface area contributed by atoms with Crippen LogP contribution in [-0.2, 0) is 4.43 Å². The molecule has 0 saturated heterocycles. The maximum Gasteiger partial charge on any atom is 0.289 e. The van der Waals surface area contributed by atoms with Gasteiger partial charge in [0.05, 0.1) is 0 Å². The van der Waals surface area contributed by atoms with Gasteiger partial charge in [0.1, 0.15) is 6.10 Å². The van der Waals surface area contributed by atoms with E-state index in [1.165, 1.54) is 21.1 Å². The highest BCUT2D eigenvalue weighted by Crippen LogP contribution is 2.32. The van der Waals surface area contributed by atoms with Crippen LogP contribution >= 0.6 is 0 Å². The lowest BCUT2D eigenvalue weighted by Gasteiger charge is -2.37. The van der Waals surface area contributed by atoms with Crippen LogP contribution in [0.3, 0.4) is 0 Å². The molecule has 4 rings (SSSR count). The first-order chi connectivity index (χ1) is 13.7. The fourth-order valence-electron chi connectivity index (χ4n) is 4.32. The Bertz CT molecular complexity index is 822. The standard InChI is InChI=1S/C26H27OSi/c1-21-18-22(2)20-23(19-21)27-28(24-12-6-3-7-13-24,25-14-8-4-9-15-25)26-16-10-5-11-17-26/h3-17,19,22H,18,20H2,1-2H3. The topological polar surface area (TPSA) is 9.23 Å². The monoisotopic (exact) mass is 383 g/mol. The van der Waals surface area contributed by atoms with Crippen molar-refractivity contribution in [3.8, 4) is 0 Å². The van der Waals surface area contributed by atoms with E-state index in [9.17, 15) is 0 Å². The van der Waals surface area contributed by atoms with E-state index >= 15 is 0 Å². The molecule has 0 saturated carbocycles. The predicted octanol–water partition coefficient (Wildman–Crippen LogP) is 4.58. The van der Waals surface area contributed by atoms with E-state index in [1.807, 2.05) is 0 Å². The summed E-state index contributed by atoms with van der Waals surface area (Å²) in [5, 5.41) is 3.84. The Morgan fingerprint density at radius 1 is 0.679 bits per heavy atom. The summed E-state index contributed by atoms with van der Waals surface area (Å²) in [7, 11) is -2.65. The minimum Gasteiger partial charge on any atom is -0.392 e. The van der Waals surface area contributed by atoms with Crippen LogP contribution in [-0.4, -0.2) is 8.32 Å². The van der Waals surface area contributed by atoms with Crippen LogP contribution in [0, 0.1) is 12.0 Å². The maximum absolute atomic E-state index is 7.16. The van der Waals surface area contributed by atoms with E-state index in [4.69, 9.17) is 4.43 Å². The normalized spacial score (nSPS) is 17.9. The Morgan fingerprint density at radius 3 is 1.50 bits per heavy atom. The van der Waals surface area contributed by atoms with Gasteiger partial charge in [0.15, 0.2) is 0 Å². The van der Waals surface area contributed by atoms with Gasteiger partial charge in [-0.05, 0) is 41.2 Å². The fraction of sp³-hybridized carbons (Fsp3) is 0.192. The second-order valence-electron chi connectivity index (χ2n) is 7.85. The van der Waals surface area contributed by atoms with E-state index < -0.39 is 8.32 Å². The molecule has 1 atom stereocenters. The molecule has 1 nitrogen and oxygen atoms in total. The van der Waals surface area contributed by atoms with Gasteiger partial charge in [-0.1, -0.05) is 110 Å². The van der Waals surface area contributed by atoms with Crippen LogP contribution in [0.2, 0.25) is 0 Å². The second kappa shape index (κ2) is 8.30. The molecule has 141 valence electrons. The van der Waals surface area contributed by atoms with Crippen molar-refractivity contribution in [3.05, 3.63) is 109 Å². The molecule has 1 aliphatic rings. The fourth-order valence-corrected chi connectivity index (χ4v) is 8.20. The first-order valence-electron chi connectivity index (χ1n) is 10.1. The molecule has 1 aliphatic carbocycles. The summed E-state index contributed by atoms with van der Waals surface area (Å²) in [6.07, 6.45) is 5.55. The van der Waals surface area contributed by atoms with Gasteiger partial charge in [0.25, 0.3) is 8.32 Å². The Kier molecular flexibility index (Phi) is 5.61. The Morgan fingerprint density at radius 2 is 1.11 bits per heavy atom. The van der Waals surface area contributed by atoms with Crippen molar-refractivity contribution in [2.24, 2.45) is 5.92 Å². The first kappa shape index (κ1) is 18.9. The molecule has 0 bridgehead atoms. The lowest BCUT2D eigenvalue weighted by atomic mass is 9.90. The number of rotatable bonds is 5. The van der Waals surface area contributed by atoms with Crippen molar-refractivity contribution in [1.82, 2.24) is 0 Å². The molecule has 3 aromatic carbocycles. The van der Waals surface area contributed by atoms with E-state index in [1.54, 1.807) is 0 Å². The number of benzene rings is 3. The summed E-state index contributed by atoms with van der Waals surface area (Å²) >= 11 is 0. The molecular weight excluding hydrogens is 356 g/mol. The van der Waals surface area contributed by atoms with Gasteiger partial charge in [-0.3, -0.25) is 0 Å². The highest BCUT2D eigenvalue weighted by atomic mass is 28.4. The largest absolute Gasteiger partial charge is 0.392 e. The third-order valence-corrected chi connectivity index (χ3v) is 9.46. The molecule has 1 radical (unpaired) electrons. The van der Waals surface area contributed by atoms with E-state index in [0.717, 1.165) is 18.9 Å².